The maximum Gasteiger partial charge on any atom is 0.422 e. The first-order valence-corrected chi connectivity index (χ1v) is 9.46. The Morgan fingerprint density at radius 2 is 1.62 bits per heavy atom. The number of hydrogen-bond acceptors (Lipinski definition) is 2. The van der Waals surface area contributed by atoms with Crippen LogP contribution in [-0.2, 0) is 0 Å². The molecule has 0 bridgehead atoms. The Bertz CT molecular complexity index is 1050. The van der Waals surface area contributed by atoms with Crippen LogP contribution >= 0.6 is 11.6 Å². The molecule has 10 heteroatoms. The number of nitrogens with zero attached hydrogens (tertiary/aromatic N) is 1. The van der Waals surface area contributed by atoms with E-state index in [1.54, 1.807) is 30.3 Å². The van der Waals surface area contributed by atoms with Crippen LogP contribution in [0.3, 0.4) is 0 Å². The van der Waals surface area contributed by atoms with Crippen molar-refractivity contribution in [2.75, 3.05) is 13.2 Å². The van der Waals surface area contributed by atoms with E-state index in [0.717, 1.165) is 4.90 Å². The largest absolute Gasteiger partial charge is 0.484 e. The van der Waals surface area contributed by atoms with E-state index in [9.17, 15) is 22.0 Å². The molecule has 2 aromatic carbocycles. The first kappa shape index (κ1) is 23.7. The summed E-state index contributed by atoms with van der Waals surface area (Å²) in [5, 5.41) is -0.0146. The van der Waals surface area contributed by atoms with Gasteiger partial charge in [0.1, 0.15) is 17.4 Å². The summed E-state index contributed by atoms with van der Waals surface area (Å²) in [6.07, 6.45) is -6.30. The second kappa shape index (κ2) is 9.28. The van der Waals surface area contributed by atoms with Crippen molar-refractivity contribution in [3.8, 4) is 5.75 Å². The summed E-state index contributed by atoms with van der Waals surface area (Å²) in [5.74, 6) is -3.31. The lowest BCUT2D eigenvalue weighted by molar-refractivity contribution is -0.153. The molecule has 0 amide bonds. The SMILES string of the molecule is C=C1C(Cl)=CC(c2ccccc2)=C(c2c(F)cc(OCC(F)(F)F)cc2F)N1CC(F)F. The minimum absolute atomic E-state index is 0.0146. The van der Waals surface area contributed by atoms with Gasteiger partial charge in [0.15, 0.2) is 6.61 Å². The molecule has 0 spiro atoms. The zero-order valence-corrected chi connectivity index (χ0v) is 17.0. The van der Waals surface area contributed by atoms with E-state index < -0.39 is 48.7 Å². The van der Waals surface area contributed by atoms with Crippen LogP contribution < -0.4 is 4.74 Å². The standard InChI is InChI=1S/C22H15ClF7NO/c1-12-16(23)9-15(13-5-3-2-4-6-13)21(31(12)10-19(26)27)20-17(24)7-14(8-18(20)25)32-11-22(28,29)30/h2-9,19H,1,10-11H2. The highest BCUT2D eigenvalue weighted by molar-refractivity contribution is 6.33. The fourth-order valence-corrected chi connectivity index (χ4v) is 3.37. The number of allylic oxidation sites excluding steroid dienone is 3. The zero-order chi connectivity index (χ0) is 23.6. The number of benzene rings is 2. The Hall–Kier alpha value is -2.94. The van der Waals surface area contributed by atoms with Gasteiger partial charge in [-0.3, -0.25) is 0 Å². The van der Waals surface area contributed by atoms with Crippen molar-refractivity contribution in [3.05, 3.63) is 88.6 Å². The Labute approximate surface area is 183 Å². The van der Waals surface area contributed by atoms with Crippen molar-refractivity contribution in [1.29, 1.82) is 0 Å². The topological polar surface area (TPSA) is 12.5 Å². The smallest absolute Gasteiger partial charge is 0.422 e. The molecule has 0 N–H and O–H groups in total. The van der Waals surface area contributed by atoms with Crippen molar-refractivity contribution in [1.82, 2.24) is 4.90 Å². The molecular weight excluding hydrogens is 463 g/mol. The van der Waals surface area contributed by atoms with Gasteiger partial charge in [0.05, 0.1) is 28.5 Å². The molecule has 0 saturated heterocycles. The van der Waals surface area contributed by atoms with Crippen LogP contribution in [0.4, 0.5) is 30.7 Å². The quantitative estimate of drug-likeness (QED) is 0.416. The van der Waals surface area contributed by atoms with Crippen molar-refractivity contribution in [2.45, 2.75) is 12.6 Å². The second-order valence-electron chi connectivity index (χ2n) is 6.73. The van der Waals surface area contributed by atoms with Gasteiger partial charge in [-0.05, 0) is 11.6 Å². The van der Waals surface area contributed by atoms with Crippen LogP contribution in [0.5, 0.6) is 5.75 Å². The highest BCUT2D eigenvalue weighted by Gasteiger charge is 2.32. The minimum atomic E-state index is -4.72. The van der Waals surface area contributed by atoms with Crippen molar-refractivity contribution in [3.63, 3.8) is 0 Å². The third-order valence-electron chi connectivity index (χ3n) is 4.46. The van der Waals surface area contributed by atoms with Crippen molar-refractivity contribution in [2.24, 2.45) is 0 Å². The van der Waals surface area contributed by atoms with E-state index in [0.29, 0.717) is 17.7 Å². The van der Waals surface area contributed by atoms with Crippen LogP contribution in [0.2, 0.25) is 0 Å². The molecule has 1 aliphatic rings. The summed E-state index contributed by atoms with van der Waals surface area (Å²) in [4.78, 5) is 0.882. The van der Waals surface area contributed by atoms with E-state index >= 15 is 8.78 Å². The highest BCUT2D eigenvalue weighted by Crippen LogP contribution is 2.43. The Balaban J connectivity index is 2.22. The molecular formula is C22H15ClF7NO. The minimum Gasteiger partial charge on any atom is -0.484 e. The van der Waals surface area contributed by atoms with E-state index in [2.05, 4.69) is 11.3 Å². The molecule has 0 radical (unpaired) electrons. The normalized spacial score (nSPS) is 14.8. The summed E-state index contributed by atoms with van der Waals surface area (Å²) >= 11 is 6.16. The second-order valence-corrected chi connectivity index (χ2v) is 7.14. The van der Waals surface area contributed by atoms with E-state index in [1.165, 1.54) is 6.08 Å². The maximum absolute atomic E-state index is 15.0. The molecule has 0 fully saturated rings. The Morgan fingerprint density at radius 3 is 2.16 bits per heavy atom. The van der Waals surface area contributed by atoms with E-state index in [1.807, 2.05) is 0 Å². The summed E-state index contributed by atoms with van der Waals surface area (Å²) in [6, 6.07) is 9.23. The summed E-state index contributed by atoms with van der Waals surface area (Å²) < 4.78 is 98.2. The van der Waals surface area contributed by atoms with Gasteiger partial charge >= 0.3 is 6.18 Å². The van der Waals surface area contributed by atoms with Gasteiger partial charge in [-0.1, -0.05) is 48.5 Å². The first-order chi connectivity index (χ1) is 15.0. The van der Waals surface area contributed by atoms with Crippen LogP contribution in [0.15, 0.2) is 65.8 Å². The van der Waals surface area contributed by atoms with Gasteiger partial charge < -0.3 is 9.64 Å². The summed E-state index contributed by atoms with van der Waals surface area (Å²) in [5.41, 5.74) is -0.583. The van der Waals surface area contributed by atoms with Gasteiger partial charge in [0.2, 0.25) is 0 Å². The number of alkyl halides is 5. The van der Waals surface area contributed by atoms with Crippen LogP contribution in [0.25, 0.3) is 11.3 Å². The maximum atomic E-state index is 15.0. The third kappa shape index (κ3) is 5.27. The molecule has 0 atom stereocenters. The average Bonchev–Trinajstić information content (AvgIpc) is 2.70. The lowest BCUT2D eigenvalue weighted by Gasteiger charge is -2.34. The van der Waals surface area contributed by atoms with Gasteiger partial charge in [0, 0.05) is 17.7 Å². The predicted octanol–water partition coefficient (Wildman–Crippen LogP) is 6.99. The molecule has 0 unspecified atom stereocenters. The highest BCUT2D eigenvalue weighted by atomic mass is 35.5. The van der Waals surface area contributed by atoms with Gasteiger partial charge in [-0.15, -0.1) is 0 Å². The Morgan fingerprint density at radius 1 is 1.03 bits per heavy atom. The van der Waals surface area contributed by atoms with E-state index in [-0.39, 0.29) is 22.0 Å². The molecule has 2 aromatic rings. The fourth-order valence-electron chi connectivity index (χ4n) is 3.16. The Kier molecular flexibility index (Phi) is 6.88. The predicted molar refractivity (Wildman–Crippen MR) is 107 cm³/mol. The summed E-state index contributed by atoms with van der Waals surface area (Å²) in [7, 11) is 0. The molecule has 0 saturated carbocycles. The molecule has 3 rings (SSSR count). The van der Waals surface area contributed by atoms with Gasteiger partial charge in [0.25, 0.3) is 6.43 Å². The molecule has 2 nitrogen and oxygen atoms in total. The molecule has 32 heavy (non-hydrogen) atoms. The lowest BCUT2D eigenvalue weighted by atomic mass is 9.94. The molecule has 0 aromatic heterocycles. The van der Waals surface area contributed by atoms with E-state index in [4.69, 9.17) is 11.6 Å². The zero-order valence-electron chi connectivity index (χ0n) is 16.2. The molecule has 1 heterocycles. The van der Waals surface area contributed by atoms with Gasteiger partial charge in [-0.2, -0.15) is 13.2 Å². The lowest BCUT2D eigenvalue weighted by Crippen LogP contribution is -2.30. The molecule has 0 aliphatic carbocycles. The van der Waals surface area contributed by atoms with Crippen LogP contribution in [0.1, 0.15) is 11.1 Å². The van der Waals surface area contributed by atoms with Crippen LogP contribution in [0, 0.1) is 11.6 Å². The average molecular weight is 478 g/mol. The van der Waals surface area contributed by atoms with Gasteiger partial charge in [-0.25, -0.2) is 17.6 Å². The molecule has 170 valence electrons. The number of rotatable bonds is 6. The number of halogens is 8. The monoisotopic (exact) mass is 477 g/mol. The molecule has 1 aliphatic heterocycles. The van der Waals surface area contributed by atoms with Crippen molar-refractivity contribution < 1.29 is 35.5 Å². The fraction of sp³-hybridized carbons (Fsp3) is 0.182. The third-order valence-corrected chi connectivity index (χ3v) is 4.79. The summed E-state index contributed by atoms with van der Waals surface area (Å²) in [6.45, 7) is 0.904. The number of ether oxygens (including phenoxy) is 1. The van der Waals surface area contributed by atoms with Crippen molar-refractivity contribution >= 4 is 22.9 Å². The van der Waals surface area contributed by atoms with Crippen LogP contribution in [-0.4, -0.2) is 30.7 Å². The first-order valence-electron chi connectivity index (χ1n) is 9.08. The number of hydrogen-bond donors (Lipinski definition) is 0.